The molecule has 2 N–H and O–H groups in total. The molecule has 1 aliphatic heterocycles. The molecule has 2 aromatic heterocycles. The van der Waals surface area contributed by atoms with Gasteiger partial charge in [0.2, 0.25) is 0 Å². The maximum atomic E-state index is 13.8. The summed E-state index contributed by atoms with van der Waals surface area (Å²) in [6.45, 7) is 6.07. The number of aliphatic hydroxyl groups excluding tert-OH is 1. The van der Waals surface area contributed by atoms with Crippen LogP contribution in [0.3, 0.4) is 0 Å². The van der Waals surface area contributed by atoms with E-state index >= 15 is 0 Å². The summed E-state index contributed by atoms with van der Waals surface area (Å²) in [5.41, 5.74) is 3.18. The Hall–Kier alpha value is -3.24. The Morgan fingerprint density at radius 3 is 2.73 bits per heavy atom. The van der Waals surface area contributed by atoms with Crippen molar-refractivity contribution in [3.8, 4) is 11.3 Å². The number of piperidine rings is 1. The smallest absolute Gasteiger partial charge is 0.393 e. The molecule has 0 amide bonds. The Balaban J connectivity index is 1.51. The molecule has 10 heteroatoms. The first kappa shape index (κ1) is 28.3. The highest BCUT2D eigenvalue weighted by atomic mass is 19.4. The highest BCUT2D eigenvalue weighted by Gasteiger charge is 2.35. The number of rotatable bonds is 7. The number of anilines is 3. The molecule has 3 heterocycles. The molecule has 2 atom stereocenters. The number of nitrogens with zero attached hydrogens (tertiary/aromatic N) is 5. The van der Waals surface area contributed by atoms with Gasteiger partial charge in [0.1, 0.15) is 23.7 Å². The van der Waals surface area contributed by atoms with Gasteiger partial charge in [-0.15, -0.1) is 0 Å². The Kier molecular flexibility index (Phi) is 8.28. The van der Waals surface area contributed by atoms with E-state index in [2.05, 4.69) is 45.1 Å². The molecule has 0 bridgehead atoms. The van der Waals surface area contributed by atoms with Crippen LogP contribution in [0.25, 0.3) is 11.3 Å². The van der Waals surface area contributed by atoms with Crippen molar-refractivity contribution in [3.63, 3.8) is 0 Å². The first-order valence-electron chi connectivity index (χ1n) is 14.0. The van der Waals surface area contributed by atoms with Crippen LogP contribution in [0.1, 0.15) is 56.4 Å². The van der Waals surface area contributed by atoms with Gasteiger partial charge in [0.25, 0.3) is 0 Å². The molecule has 5 rings (SSSR count). The highest BCUT2D eigenvalue weighted by molar-refractivity contribution is 5.76. The molecule has 7 nitrogen and oxygen atoms in total. The SMILES string of the molecule is CC(C)CN1CCCCC1N(C)c1nc(C(F)(F)F)ccc1-c1cc(Nc2cccc3c2CC(O)CC3)ncn1. The summed E-state index contributed by atoms with van der Waals surface area (Å²) in [7, 11) is 1.83. The lowest BCUT2D eigenvalue weighted by Gasteiger charge is -2.42. The first-order valence-corrected chi connectivity index (χ1v) is 14.0. The number of aryl methyl sites for hydroxylation is 1. The number of benzene rings is 1. The summed E-state index contributed by atoms with van der Waals surface area (Å²) in [6, 6.07) is 10.2. The minimum atomic E-state index is -4.56. The van der Waals surface area contributed by atoms with E-state index in [1.54, 1.807) is 6.07 Å². The second kappa shape index (κ2) is 11.7. The summed E-state index contributed by atoms with van der Waals surface area (Å²) < 4.78 is 41.4. The second-order valence-corrected chi connectivity index (χ2v) is 11.3. The average Bonchev–Trinajstić information content (AvgIpc) is 2.92. The van der Waals surface area contributed by atoms with Gasteiger partial charge < -0.3 is 15.3 Å². The molecule has 1 saturated heterocycles. The van der Waals surface area contributed by atoms with Crippen molar-refractivity contribution in [1.29, 1.82) is 0 Å². The molecule has 2 unspecified atom stereocenters. The summed E-state index contributed by atoms with van der Waals surface area (Å²) in [5, 5.41) is 13.6. The minimum Gasteiger partial charge on any atom is -0.393 e. The Labute approximate surface area is 233 Å². The third-order valence-electron chi connectivity index (χ3n) is 7.79. The standard InChI is InChI=1S/C30H37F3N6O/c1-19(2)17-39-14-5-4-9-28(39)38(3)29-22(12-13-26(37-29)30(31,32)33)25-16-27(35-18-34-25)36-24-8-6-7-20-10-11-21(40)15-23(20)24/h6-8,12-13,16,18-19,21,28,40H,4-5,9-11,14-15,17H2,1-3H3,(H,34,35,36). The number of pyridine rings is 1. The molecule has 0 radical (unpaired) electrons. The van der Waals surface area contributed by atoms with E-state index in [4.69, 9.17) is 0 Å². The van der Waals surface area contributed by atoms with Crippen molar-refractivity contribution >= 4 is 17.3 Å². The normalized spacial score (nSPS) is 19.9. The fourth-order valence-electron chi connectivity index (χ4n) is 5.91. The number of alkyl halides is 3. The number of aromatic nitrogens is 3. The maximum absolute atomic E-state index is 13.8. The predicted octanol–water partition coefficient (Wildman–Crippen LogP) is 6.05. The molecular formula is C30H37F3N6O. The molecule has 1 fully saturated rings. The lowest BCUT2D eigenvalue weighted by atomic mass is 9.88. The number of nitrogens with one attached hydrogen (secondary N) is 1. The number of hydrogen-bond acceptors (Lipinski definition) is 7. The van der Waals surface area contributed by atoms with E-state index in [1.807, 2.05) is 24.1 Å². The summed E-state index contributed by atoms with van der Waals surface area (Å²) >= 11 is 0. The summed E-state index contributed by atoms with van der Waals surface area (Å²) in [5.74, 6) is 1.20. The van der Waals surface area contributed by atoms with Crippen LogP contribution in [0.2, 0.25) is 0 Å². The lowest BCUT2D eigenvalue weighted by molar-refractivity contribution is -0.141. The fraction of sp³-hybridized carbons (Fsp3) is 0.500. The van der Waals surface area contributed by atoms with Gasteiger partial charge in [-0.2, -0.15) is 13.2 Å². The van der Waals surface area contributed by atoms with Crippen LogP contribution in [0.5, 0.6) is 0 Å². The Morgan fingerprint density at radius 2 is 1.95 bits per heavy atom. The van der Waals surface area contributed by atoms with E-state index < -0.39 is 11.9 Å². The summed E-state index contributed by atoms with van der Waals surface area (Å²) in [6.07, 6.45) is 1.43. The maximum Gasteiger partial charge on any atom is 0.433 e. The number of fused-ring (bicyclic) bond motifs is 1. The van der Waals surface area contributed by atoms with Crippen LogP contribution in [0, 0.1) is 5.92 Å². The molecule has 1 aliphatic carbocycles. The topological polar surface area (TPSA) is 77.4 Å². The average molecular weight is 555 g/mol. The first-order chi connectivity index (χ1) is 19.1. The van der Waals surface area contributed by atoms with Gasteiger partial charge in [0.05, 0.1) is 18.0 Å². The van der Waals surface area contributed by atoms with E-state index in [-0.39, 0.29) is 18.1 Å². The molecule has 214 valence electrons. The Bertz CT molecular complexity index is 1330. The monoisotopic (exact) mass is 554 g/mol. The van der Waals surface area contributed by atoms with Gasteiger partial charge in [0.15, 0.2) is 0 Å². The van der Waals surface area contributed by atoms with Crippen LogP contribution in [-0.4, -0.2) is 57.4 Å². The zero-order valence-electron chi connectivity index (χ0n) is 23.2. The molecule has 1 aromatic carbocycles. The van der Waals surface area contributed by atoms with Crippen LogP contribution in [0.4, 0.5) is 30.5 Å². The third-order valence-corrected chi connectivity index (χ3v) is 7.79. The van der Waals surface area contributed by atoms with Gasteiger partial charge in [-0.1, -0.05) is 26.0 Å². The summed E-state index contributed by atoms with van der Waals surface area (Å²) in [4.78, 5) is 17.2. The van der Waals surface area contributed by atoms with E-state index in [1.165, 1.54) is 18.0 Å². The van der Waals surface area contributed by atoms with E-state index in [0.29, 0.717) is 29.4 Å². The van der Waals surface area contributed by atoms with Crippen molar-refractivity contribution in [2.45, 2.75) is 70.8 Å². The van der Waals surface area contributed by atoms with Gasteiger partial charge in [0, 0.05) is 43.9 Å². The van der Waals surface area contributed by atoms with Crippen molar-refractivity contribution in [2.75, 3.05) is 30.4 Å². The van der Waals surface area contributed by atoms with Crippen molar-refractivity contribution < 1.29 is 18.3 Å². The molecule has 0 spiro atoms. The molecule has 0 saturated carbocycles. The van der Waals surface area contributed by atoms with Crippen LogP contribution in [-0.2, 0) is 19.0 Å². The number of likely N-dealkylation sites (tertiary alicyclic amines) is 1. The van der Waals surface area contributed by atoms with Gasteiger partial charge in [-0.3, -0.25) is 4.90 Å². The van der Waals surface area contributed by atoms with E-state index in [0.717, 1.165) is 62.5 Å². The quantitative estimate of drug-likeness (QED) is 0.368. The van der Waals surface area contributed by atoms with Crippen molar-refractivity contribution in [3.05, 3.63) is 59.5 Å². The van der Waals surface area contributed by atoms with Crippen molar-refractivity contribution in [2.24, 2.45) is 5.92 Å². The Morgan fingerprint density at radius 1 is 1.12 bits per heavy atom. The fourth-order valence-corrected chi connectivity index (χ4v) is 5.91. The molecule has 40 heavy (non-hydrogen) atoms. The number of halogens is 3. The predicted molar refractivity (Wildman–Crippen MR) is 150 cm³/mol. The van der Waals surface area contributed by atoms with E-state index in [9.17, 15) is 18.3 Å². The minimum absolute atomic E-state index is 0.0624. The van der Waals surface area contributed by atoms with Crippen LogP contribution < -0.4 is 10.2 Å². The third kappa shape index (κ3) is 6.23. The zero-order valence-corrected chi connectivity index (χ0v) is 23.2. The molecular weight excluding hydrogens is 517 g/mol. The lowest BCUT2D eigenvalue weighted by Crippen LogP contribution is -2.51. The second-order valence-electron chi connectivity index (χ2n) is 11.3. The molecule has 2 aliphatic rings. The number of hydrogen-bond donors (Lipinski definition) is 2. The van der Waals surface area contributed by atoms with Crippen LogP contribution >= 0.6 is 0 Å². The van der Waals surface area contributed by atoms with Gasteiger partial charge in [-0.05, 0) is 67.3 Å². The van der Waals surface area contributed by atoms with Crippen LogP contribution in [0.15, 0.2) is 42.7 Å². The molecule has 3 aromatic rings. The highest BCUT2D eigenvalue weighted by Crippen LogP contribution is 2.37. The van der Waals surface area contributed by atoms with Gasteiger partial charge in [-0.25, -0.2) is 15.0 Å². The van der Waals surface area contributed by atoms with Gasteiger partial charge >= 0.3 is 6.18 Å². The zero-order chi connectivity index (χ0) is 28.4. The largest absolute Gasteiger partial charge is 0.433 e. The van der Waals surface area contributed by atoms with Crippen molar-refractivity contribution in [1.82, 2.24) is 19.9 Å². The number of aliphatic hydroxyl groups is 1.